The highest BCUT2D eigenvalue weighted by molar-refractivity contribution is 7.98. The van der Waals surface area contributed by atoms with Crippen molar-refractivity contribution in [3.63, 3.8) is 0 Å². The van der Waals surface area contributed by atoms with Gasteiger partial charge >= 0.3 is 0 Å². The number of hydrogen-bond acceptors (Lipinski definition) is 6. The summed E-state index contributed by atoms with van der Waals surface area (Å²) in [5.41, 5.74) is -0.501. The zero-order valence-corrected chi connectivity index (χ0v) is 12.8. The van der Waals surface area contributed by atoms with Crippen molar-refractivity contribution in [1.82, 2.24) is 15.3 Å². The van der Waals surface area contributed by atoms with Gasteiger partial charge in [0, 0.05) is 26.7 Å². The van der Waals surface area contributed by atoms with E-state index in [1.165, 1.54) is 11.8 Å². The second-order valence-electron chi connectivity index (χ2n) is 4.69. The van der Waals surface area contributed by atoms with Crippen molar-refractivity contribution in [2.45, 2.75) is 19.0 Å². The highest BCUT2D eigenvalue weighted by Crippen LogP contribution is 2.20. The topological polar surface area (TPSA) is 78.9 Å². The molecule has 0 aliphatic heterocycles. The van der Waals surface area contributed by atoms with E-state index in [0.29, 0.717) is 17.5 Å². The van der Waals surface area contributed by atoms with Crippen molar-refractivity contribution in [1.29, 1.82) is 0 Å². The van der Waals surface area contributed by atoms with Gasteiger partial charge in [-0.2, -0.15) is 0 Å². The summed E-state index contributed by atoms with van der Waals surface area (Å²) in [6.45, 7) is 4.27. The second kappa shape index (κ2) is 6.60. The summed E-state index contributed by atoms with van der Waals surface area (Å²) in [4.78, 5) is 20.3. The van der Waals surface area contributed by atoms with Crippen molar-refractivity contribution in [2.75, 3.05) is 37.5 Å². The first-order valence-corrected chi connectivity index (χ1v) is 7.22. The SMILES string of the molecule is CNC(=O)C(C)(C)CNc1cc(NC)nc(SC)n1. The minimum atomic E-state index is -0.501. The average molecular weight is 283 g/mol. The molecule has 0 aliphatic rings. The number of rotatable bonds is 6. The number of carbonyl (C=O) groups is 1. The van der Waals surface area contributed by atoms with Crippen LogP contribution in [0.3, 0.4) is 0 Å². The zero-order chi connectivity index (χ0) is 14.5. The average Bonchev–Trinajstić information content (AvgIpc) is 2.43. The maximum atomic E-state index is 11.7. The van der Waals surface area contributed by atoms with E-state index in [2.05, 4.69) is 25.9 Å². The zero-order valence-electron chi connectivity index (χ0n) is 12.0. The van der Waals surface area contributed by atoms with Gasteiger partial charge in [0.15, 0.2) is 5.16 Å². The van der Waals surface area contributed by atoms with Gasteiger partial charge in [-0.05, 0) is 20.1 Å². The van der Waals surface area contributed by atoms with Crippen LogP contribution >= 0.6 is 11.8 Å². The number of nitrogens with one attached hydrogen (secondary N) is 3. The molecule has 0 atom stereocenters. The molecule has 0 saturated heterocycles. The van der Waals surface area contributed by atoms with Gasteiger partial charge < -0.3 is 16.0 Å². The summed E-state index contributed by atoms with van der Waals surface area (Å²) in [6.07, 6.45) is 1.92. The summed E-state index contributed by atoms with van der Waals surface area (Å²) in [5.74, 6) is 1.45. The maximum Gasteiger partial charge on any atom is 0.227 e. The van der Waals surface area contributed by atoms with Crippen LogP contribution in [0.1, 0.15) is 13.8 Å². The molecule has 0 saturated carbocycles. The van der Waals surface area contributed by atoms with Crippen molar-refractivity contribution in [3.8, 4) is 0 Å². The molecule has 0 spiro atoms. The molecule has 1 aromatic heterocycles. The predicted octanol–water partition coefficient (Wildman–Crippen LogP) is 1.42. The first kappa shape index (κ1) is 15.6. The van der Waals surface area contributed by atoms with Crippen LogP contribution in [0.4, 0.5) is 11.6 Å². The fourth-order valence-corrected chi connectivity index (χ4v) is 1.84. The lowest BCUT2D eigenvalue weighted by molar-refractivity contribution is -0.128. The molecule has 1 rings (SSSR count). The summed E-state index contributed by atoms with van der Waals surface area (Å²) >= 11 is 1.48. The molecule has 3 N–H and O–H groups in total. The second-order valence-corrected chi connectivity index (χ2v) is 5.47. The normalized spacial score (nSPS) is 11.0. The third kappa shape index (κ3) is 4.27. The largest absolute Gasteiger partial charge is 0.373 e. The molecular weight excluding hydrogens is 262 g/mol. The van der Waals surface area contributed by atoms with Crippen LogP contribution in [0, 0.1) is 5.41 Å². The van der Waals surface area contributed by atoms with Crippen molar-refractivity contribution >= 4 is 29.3 Å². The fraction of sp³-hybridized carbons (Fsp3) is 0.583. The van der Waals surface area contributed by atoms with E-state index in [0.717, 1.165) is 5.82 Å². The Labute approximate surface area is 118 Å². The first-order valence-electron chi connectivity index (χ1n) is 6.00. The number of anilines is 2. The molecule has 1 heterocycles. The van der Waals surface area contributed by atoms with Crippen LogP contribution in [0.5, 0.6) is 0 Å². The standard InChI is InChI=1S/C12H21N5OS/c1-12(2,10(18)14-4)7-15-9-6-8(13-3)16-11(17-9)19-5/h6H,7H2,1-5H3,(H,14,18)(H2,13,15,16,17). The molecule has 0 unspecified atom stereocenters. The number of carbonyl (C=O) groups excluding carboxylic acids is 1. The molecule has 0 bridgehead atoms. The summed E-state index contributed by atoms with van der Waals surface area (Å²) in [6, 6.07) is 1.82. The number of amides is 1. The number of hydrogen-bond donors (Lipinski definition) is 3. The third-order valence-corrected chi connectivity index (χ3v) is 3.25. The molecule has 0 fully saturated rings. The van der Waals surface area contributed by atoms with Crippen LogP contribution < -0.4 is 16.0 Å². The van der Waals surface area contributed by atoms with Crippen LogP contribution in [-0.2, 0) is 4.79 Å². The van der Waals surface area contributed by atoms with Crippen LogP contribution in [0.2, 0.25) is 0 Å². The lowest BCUT2D eigenvalue weighted by atomic mass is 9.92. The molecule has 0 aliphatic carbocycles. The Morgan fingerprint density at radius 2 is 1.95 bits per heavy atom. The minimum Gasteiger partial charge on any atom is -0.373 e. The Balaban J connectivity index is 2.80. The first-order chi connectivity index (χ1) is 8.92. The molecule has 6 nitrogen and oxygen atoms in total. The fourth-order valence-electron chi connectivity index (χ4n) is 1.47. The molecule has 7 heteroatoms. The van der Waals surface area contributed by atoms with Gasteiger partial charge in [-0.15, -0.1) is 0 Å². The Bertz CT molecular complexity index is 427. The summed E-state index contributed by atoms with van der Waals surface area (Å²) in [7, 11) is 3.45. The maximum absolute atomic E-state index is 11.7. The summed E-state index contributed by atoms with van der Waals surface area (Å²) in [5, 5.41) is 9.52. The molecule has 106 valence electrons. The van der Waals surface area contributed by atoms with Gasteiger partial charge in [0.05, 0.1) is 5.41 Å². The molecule has 0 radical (unpaired) electrons. The van der Waals surface area contributed by atoms with E-state index < -0.39 is 5.41 Å². The number of nitrogens with zero attached hydrogens (tertiary/aromatic N) is 2. The smallest absolute Gasteiger partial charge is 0.227 e. The van der Waals surface area contributed by atoms with E-state index in [4.69, 9.17) is 0 Å². The van der Waals surface area contributed by atoms with Gasteiger partial charge in [0.25, 0.3) is 0 Å². The van der Waals surface area contributed by atoms with E-state index >= 15 is 0 Å². The third-order valence-electron chi connectivity index (χ3n) is 2.70. The highest BCUT2D eigenvalue weighted by Gasteiger charge is 2.26. The van der Waals surface area contributed by atoms with Gasteiger partial charge in [-0.3, -0.25) is 4.79 Å². The minimum absolute atomic E-state index is 0.00649. The van der Waals surface area contributed by atoms with E-state index in [1.807, 2.05) is 33.2 Å². The van der Waals surface area contributed by atoms with E-state index in [1.54, 1.807) is 7.05 Å². The molecular formula is C12H21N5OS. The number of thioether (sulfide) groups is 1. The van der Waals surface area contributed by atoms with Gasteiger partial charge in [-0.1, -0.05) is 11.8 Å². The van der Waals surface area contributed by atoms with E-state index in [-0.39, 0.29) is 5.91 Å². The molecule has 19 heavy (non-hydrogen) atoms. The monoisotopic (exact) mass is 283 g/mol. The lowest BCUT2D eigenvalue weighted by Gasteiger charge is -2.23. The Hall–Kier alpha value is -1.50. The van der Waals surface area contributed by atoms with Crippen molar-refractivity contribution < 1.29 is 4.79 Å². The van der Waals surface area contributed by atoms with Gasteiger partial charge in [0.2, 0.25) is 5.91 Å². The molecule has 1 aromatic rings. The predicted molar refractivity (Wildman–Crippen MR) is 79.7 cm³/mol. The van der Waals surface area contributed by atoms with Gasteiger partial charge in [-0.25, -0.2) is 9.97 Å². The Kier molecular flexibility index (Phi) is 5.41. The molecule has 0 aromatic carbocycles. The van der Waals surface area contributed by atoms with E-state index in [9.17, 15) is 4.79 Å². The summed E-state index contributed by atoms with van der Waals surface area (Å²) < 4.78 is 0. The van der Waals surface area contributed by atoms with Crippen LogP contribution in [0.15, 0.2) is 11.2 Å². The lowest BCUT2D eigenvalue weighted by Crippen LogP contribution is -2.39. The van der Waals surface area contributed by atoms with Crippen LogP contribution in [-0.4, -0.2) is 42.8 Å². The highest BCUT2D eigenvalue weighted by atomic mass is 32.2. The van der Waals surface area contributed by atoms with Crippen molar-refractivity contribution in [3.05, 3.63) is 6.07 Å². The Morgan fingerprint density at radius 1 is 1.32 bits per heavy atom. The quantitative estimate of drug-likeness (QED) is 0.541. The van der Waals surface area contributed by atoms with Crippen LogP contribution in [0.25, 0.3) is 0 Å². The Morgan fingerprint density at radius 3 is 2.47 bits per heavy atom. The van der Waals surface area contributed by atoms with Crippen molar-refractivity contribution in [2.24, 2.45) is 5.41 Å². The van der Waals surface area contributed by atoms with Gasteiger partial charge in [0.1, 0.15) is 11.6 Å². The number of aromatic nitrogens is 2. The molecule has 1 amide bonds.